The number of nitrogens with zero attached hydrogens (tertiary/aromatic N) is 1. The Labute approximate surface area is 187 Å². The molecule has 1 aliphatic carbocycles. The first-order valence-corrected chi connectivity index (χ1v) is 11.3. The lowest BCUT2D eigenvalue weighted by Gasteiger charge is -2.37. The van der Waals surface area contributed by atoms with E-state index in [1.165, 1.54) is 0 Å². The van der Waals surface area contributed by atoms with E-state index in [0.29, 0.717) is 5.56 Å². The quantitative estimate of drug-likeness (QED) is 0.596. The maximum absolute atomic E-state index is 14.0. The molecule has 4 rings (SSSR count). The van der Waals surface area contributed by atoms with Crippen LogP contribution < -0.4 is 11.1 Å². The van der Waals surface area contributed by atoms with Crippen LogP contribution >= 0.6 is 0 Å². The van der Waals surface area contributed by atoms with Crippen molar-refractivity contribution >= 4 is 11.6 Å². The SMILES string of the molecule is Nc1ccccc1CN1CCC(NC(=O)[C@](O)(c2ccccc2)[C@@H]2CCC(F)(F)C2)CC1. The Morgan fingerprint density at radius 2 is 1.75 bits per heavy atom. The minimum atomic E-state index is -2.85. The summed E-state index contributed by atoms with van der Waals surface area (Å²) in [6.45, 7) is 2.31. The largest absolute Gasteiger partial charge is 0.398 e. The Bertz CT molecular complexity index is 932. The van der Waals surface area contributed by atoms with Gasteiger partial charge in [-0.05, 0) is 36.5 Å². The molecule has 2 aromatic rings. The number of benzene rings is 2. The van der Waals surface area contributed by atoms with E-state index in [-0.39, 0.29) is 18.9 Å². The van der Waals surface area contributed by atoms with E-state index >= 15 is 0 Å². The summed E-state index contributed by atoms with van der Waals surface area (Å²) in [4.78, 5) is 15.6. The van der Waals surface area contributed by atoms with Gasteiger partial charge in [-0.2, -0.15) is 0 Å². The number of hydrogen-bond acceptors (Lipinski definition) is 4. The van der Waals surface area contributed by atoms with Crippen molar-refractivity contribution < 1.29 is 18.7 Å². The van der Waals surface area contributed by atoms with Gasteiger partial charge in [0.1, 0.15) is 0 Å². The van der Waals surface area contributed by atoms with Crippen LogP contribution in [-0.2, 0) is 16.9 Å². The molecule has 0 unspecified atom stereocenters. The third-order valence-corrected chi connectivity index (χ3v) is 6.93. The van der Waals surface area contributed by atoms with Gasteiger partial charge in [0.05, 0.1) is 0 Å². The van der Waals surface area contributed by atoms with Crippen molar-refractivity contribution in [2.45, 2.75) is 56.2 Å². The van der Waals surface area contributed by atoms with Crippen LogP contribution in [0.5, 0.6) is 0 Å². The lowest BCUT2D eigenvalue weighted by Crippen LogP contribution is -2.54. The average molecular weight is 444 g/mol. The van der Waals surface area contributed by atoms with Gasteiger partial charge in [0, 0.05) is 50.1 Å². The highest BCUT2D eigenvalue weighted by Gasteiger charge is 2.53. The number of hydrogen-bond donors (Lipinski definition) is 3. The van der Waals surface area contributed by atoms with E-state index in [2.05, 4.69) is 10.2 Å². The summed E-state index contributed by atoms with van der Waals surface area (Å²) in [5, 5.41) is 14.5. The molecule has 1 amide bonds. The number of alkyl halides is 2. The molecule has 2 aromatic carbocycles. The fraction of sp³-hybridized carbons (Fsp3) is 0.480. The van der Waals surface area contributed by atoms with Crippen molar-refractivity contribution in [3.8, 4) is 0 Å². The van der Waals surface area contributed by atoms with Crippen molar-refractivity contribution in [3.63, 3.8) is 0 Å². The second kappa shape index (κ2) is 9.16. The Morgan fingerprint density at radius 1 is 1.09 bits per heavy atom. The number of nitrogen functional groups attached to an aromatic ring is 1. The second-order valence-electron chi connectivity index (χ2n) is 9.15. The normalized spacial score (nSPS) is 23.5. The van der Waals surface area contributed by atoms with Crippen LogP contribution in [0.2, 0.25) is 0 Å². The number of halogens is 2. The molecule has 1 saturated carbocycles. The Balaban J connectivity index is 1.41. The smallest absolute Gasteiger partial charge is 0.257 e. The molecule has 4 N–H and O–H groups in total. The van der Waals surface area contributed by atoms with Crippen molar-refractivity contribution in [1.29, 1.82) is 0 Å². The van der Waals surface area contributed by atoms with Gasteiger partial charge in [-0.3, -0.25) is 9.69 Å². The van der Waals surface area contributed by atoms with E-state index < -0.39 is 29.8 Å². The topological polar surface area (TPSA) is 78.6 Å². The summed E-state index contributed by atoms with van der Waals surface area (Å²) in [5.74, 6) is -4.24. The maximum atomic E-state index is 14.0. The molecule has 2 fully saturated rings. The van der Waals surface area contributed by atoms with E-state index in [9.17, 15) is 18.7 Å². The fourth-order valence-corrected chi connectivity index (χ4v) is 5.00. The van der Waals surface area contributed by atoms with Crippen LogP contribution in [-0.4, -0.2) is 41.0 Å². The Morgan fingerprint density at radius 3 is 2.38 bits per heavy atom. The third kappa shape index (κ3) is 4.79. The molecular formula is C25H31F2N3O2. The molecular weight excluding hydrogens is 412 g/mol. The zero-order valence-corrected chi connectivity index (χ0v) is 18.1. The monoisotopic (exact) mass is 443 g/mol. The summed E-state index contributed by atoms with van der Waals surface area (Å²) >= 11 is 0. The number of carbonyl (C=O) groups is 1. The minimum Gasteiger partial charge on any atom is -0.398 e. The fourth-order valence-electron chi connectivity index (χ4n) is 5.00. The van der Waals surface area contributed by atoms with Crippen LogP contribution in [0.1, 0.15) is 43.2 Å². The van der Waals surface area contributed by atoms with Gasteiger partial charge < -0.3 is 16.2 Å². The molecule has 172 valence electrons. The number of rotatable bonds is 6. The number of nitrogens with one attached hydrogen (secondary N) is 1. The average Bonchev–Trinajstić information content (AvgIpc) is 3.16. The number of likely N-dealkylation sites (tertiary alicyclic amines) is 1. The standard InChI is InChI=1S/C25H31F2N3O2/c26-24(27)13-10-20(16-24)25(32,19-7-2-1-3-8-19)23(31)29-21-11-14-30(15-12-21)17-18-6-4-5-9-22(18)28/h1-9,20-21,32H,10-17,28H2,(H,29,31)/t20-,25+/m1/s1. The van der Waals surface area contributed by atoms with Crippen molar-refractivity contribution in [2.75, 3.05) is 18.8 Å². The molecule has 2 atom stereocenters. The highest BCUT2D eigenvalue weighted by Crippen LogP contribution is 2.47. The number of carbonyl (C=O) groups excluding carboxylic acids is 1. The third-order valence-electron chi connectivity index (χ3n) is 6.93. The van der Waals surface area contributed by atoms with E-state index in [1.807, 2.05) is 24.3 Å². The molecule has 0 radical (unpaired) electrons. The highest BCUT2D eigenvalue weighted by molar-refractivity contribution is 5.87. The minimum absolute atomic E-state index is 0.107. The molecule has 32 heavy (non-hydrogen) atoms. The molecule has 1 heterocycles. The predicted molar refractivity (Wildman–Crippen MR) is 120 cm³/mol. The van der Waals surface area contributed by atoms with Crippen molar-refractivity contribution in [2.24, 2.45) is 5.92 Å². The molecule has 0 aromatic heterocycles. The van der Waals surface area contributed by atoms with Gasteiger partial charge in [0.2, 0.25) is 5.92 Å². The molecule has 5 nitrogen and oxygen atoms in total. The molecule has 1 aliphatic heterocycles. The predicted octanol–water partition coefficient (Wildman–Crippen LogP) is 3.67. The van der Waals surface area contributed by atoms with Gasteiger partial charge >= 0.3 is 0 Å². The molecule has 1 saturated heterocycles. The zero-order valence-electron chi connectivity index (χ0n) is 18.1. The van der Waals surface area contributed by atoms with Gasteiger partial charge in [0.25, 0.3) is 5.91 Å². The second-order valence-corrected chi connectivity index (χ2v) is 9.15. The van der Waals surface area contributed by atoms with E-state index in [0.717, 1.165) is 43.7 Å². The zero-order chi connectivity index (χ0) is 22.8. The molecule has 0 bridgehead atoms. The highest BCUT2D eigenvalue weighted by atomic mass is 19.3. The number of para-hydroxylation sites is 1. The van der Waals surface area contributed by atoms with Crippen molar-refractivity contribution in [1.82, 2.24) is 10.2 Å². The van der Waals surface area contributed by atoms with Gasteiger partial charge in [-0.25, -0.2) is 8.78 Å². The van der Waals surface area contributed by atoms with Crippen molar-refractivity contribution in [3.05, 3.63) is 65.7 Å². The van der Waals surface area contributed by atoms with Gasteiger partial charge in [-0.1, -0.05) is 48.5 Å². The maximum Gasteiger partial charge on any atom is 0.257 e. The lowest BCUT2D eigenvalue weighted by molar-refractivity contribution is -0.149. The molecule has 7 heteroatoms. The van der Waals surface area contributed by atoms with E-state index in [1.54, 1.807) is 30.3 Å². The van der Waals surface area contributed by atoms with Crippen LogP contribution in [0.25, 0.3) is 0 Å². The summed E-state index contributed by atoms with van der Waals surface area (Å²) in [6, 6.07) is 16.2. The Hall–Kier alpha value is -2.51. The summed E-state index contributed by atoms with van der Waals surface area (Å²) in [5.41, 5.74) is 6.31. The first-order chi connectivity index (χ1) is 15.3. The molecule has 2 aliphatic rings. The van der Waals surface area contributed by atoms with Gasteiger partial charge in [0.15, 0.2) is 5.60 Å². The first-order valence-electron chi connectivity index (χ1n) is 11.3. The van der Waals surface area contributed by atoms with Gasteiger partial charge in [-0.15, -0.1) is 0 Å². The number of amides is 1. The Kier molecular flexibility index (Phi) is 6.49. The summed E-state index contributed by atoms with van der Waals surface area (Å²) in [7, 11) is 0. The number of piperidine rings is 1. The number of nitrogens with two attached hydrogens (primary N) is 1. The lowest BCUT2D eigenvalue weighted by atomic mass is 9.79. The first kappa shape index (κ1) is 22.7. The molecule has 0 spiro atoms. The summed E-state index contributed by atoms with van der Waals surface area (Å²) < 4.78 is 27.9. The van der Waals surface area contributed by atoms with Crippen LogP contribution in [0, 0.1) is 5.92 Å². The number of aliphatic hydroxyl groups is 1. The van der Waals surface area contributed by atoms with Crippen LogP contribution in [0.3, 0.4) is 0 Å². The number of anilines is 1. The van der Waals surface area contributed by atoms with E-state index in [4.69, 9.17) is 5.73 Å². The summed E-state index contributed by atoms with van der Waals surface area (Å²) in [6.07, 6.45) is 0.779. The van der Waals surface area contributed by atoms with Crippen LogP contribution in [0.15, 0.2) is 54.6 Å². The van der Waals surface area contributed by atoms with Crippen LogP contribution in [0.4, 0.5) is 14.5 Å².